The minimum Gasteiger partial charge on any atom is -0.303 e. The molecule has 0 spiro atoms. The predicted molar refractivity (Wildman–Crippen MR) is 67.0 cm³/mol. The molecule has 84 valence electrons. The van der Waals surface area contributed by atoms with E-state index in [1.54, 1.807) is 0 Å². The minimum absolute atomic E-state index is 0.840. The van der Waals surface area contributed by atoms with Gasteiger partial charge in [0, 0.05) is 25.0 Å². The fourth-order valence-corrected chi connectivity index (χ4v) is 3.26. The molecule has 0 aliphatic carbocycles. The molecule has 0 N–H and O–H groups in total. The van der Waals surface area contributed by atoms with Gasteiger partial charge in [0.15, 0.2) is 0 Å². The van der Waals surface area contributed by atoms with Gasteiger partial charge in [-0.2, -0.15) is 0 Å². The molecule has 3 atom stereocenters. The first-order chi connectivity index (χ1) is 6.65. The Morgan fingerprint density at radius 3 is 2.29 bits per heavy atom. The topological polar surface area (TPSA) is 3.24 Å². The van der Waals surface area contributed by atoms with Gasteiger partial charge in [0.1, 0.15) is 0 Å². The molecular formula is C12H24BrN. The SMILES string of the molecule is CCC(CBr)CN1CC(C)CC(C)C1. The summed E-state index contributed by atoms with van der Waals surface area (Å²) >= 11 is 3.61. The molecule has 1 aliphatic rings. The molecule has 0 aromatic carbocycles. The van der Waals surface area contributed by atoms with Gasteiger partial charge in [0.2, 0.25) is 0 Å². The van der Waals surface area contributed by atoms with Crippen LogP contribution in [0.5, 0.6) is 0 Å². The van der Waals surface area contributed by atoms with Crippen molar-refractivity contribution in [1.82, 2.24) is 4.90 Å². The number of likely N-dealkylation sites (tertiary alicyclic amines) is 1. The van der Waals surface area contributed by atoms with E-state index in [2.05, 4.69) is 41.6 Å². The van der Waals surface area contributed by atoms with Crippen LogP contribution in [0, 0.1) is 17.8 Å². The normalized spacial score (nSPS) is 31.7. The Morgan fingerprint density at radius 1 is 1.29 bits per heavy atom. The second kappa shape index (κ2) is 6.12. The summed E-state index contributed by atoms with van der Waals surface area (Å²) in [5.74, 6) is 2.63. The fourth-order valence-electron chi connectivity index (χ4n) is 2.59. The van der Waals surface area contributed by atoms with Gasteiger partial charge in [-0.1, -0.05) is 43.1 Å². The number of hydrogen-bond acceptors (Lipinski definition) is 1. The van der Waals surface area contributed by atoms with Crippen molar-refractivity contribution < 1.29 is 0 Å². The highest BCUT2D eigenvalue weighted by Crippen LogP contribution is 2.22. The van der Waals surface area contributed by atoms with Crippen LogP contribution in [0.15, 0.2) is 0 Å². The van der Waals surface area contributed by atoms with E-state index >= 15 is 0 Å². The van der Waals surface area contributed by atoms with Crippen LogP contribution in [0.1, 0.15) is 33.6 Å². The molecule has 0 amide bonds. The lowest BCUT2D eigenvalue weighted by molar-refractivity contribution is 0.125. The summed E-state index contributed by atoms with van der Waals surface area (Å²) in [6, 6.07) is 0. The Labute approximate surface area is 97.4 Å². The lowest BCUT2D eigenvalue weighted by atomic mass is 9.91. The van der Waals surface area contributed by atoms with Gasteiger partial charge in [-0.15, -0.1) is 0 Å². The first-order valence-electron chi connectivity index (χ1n) is 5.94. The highest BCUT2D eigenvalue weighted by Gasteiger charge is 2.22. The molecule has 1 aliphatic heterocycles. The summed E-state index contributed by atoms with van der Waals surface area (Å²) in [5, 5.41) is 1.16. The molecule has 0 aromatic heterocycles. The molecule has 1 rings (SSSR count). The van der Waals surface area contributed by atoms with Gasteiger partial charge in [-0.25, -0.2) is 0 Å². The van der Waals surface area contributed by atoms with Crippen LogP contribution in [0.3, 0.4) is 0 Å². The van der Waals surface area contributed by atoms with Crippen molar-refractivity contribution in [3.05, 3.63) is 0 Å². The van der Waals surface area contributed by atoms with E-state index in [0.717, 1.165) is 23.1 Å². The Balaban J connectivity index is 2.35. The van der Waals surface area contributed by atoms with Crippen molar-refractivity contribution in [3.8, 4) is 0 Å². The number of piperidine rings is 1. The molecule has 0 bridgehead atoms. The van der Waals surface area contributed by atoms with Crippen LogP contribution in [0.4, 0.5) is 0 Å². The average Bonchev–Trinajstić information content (AvgIpc) is 2.12. The lowest BCUT2D eigenvalue weighted by Gasteiger charge is -2.36. The summed E-state index contributed by atoms with van der Waals surface area (Å²) in [6.45, 7) is 11.0. The van der Waals surface area contributed by atoms with Crippen LogP contribution in [-0.2, 0) is 0 Å². The largest absolute Gasteiger partial charge is 0.303 e. The van der Waals surface area contributed by atoms with E-state index in [9.17, 15) is 0 Å². The molecule has 3 unspecified atom stereocenters. The quantitative estimate of drug-likeness (QED) is 0.702. The summed E-state index contributed by atoms with van der Waals surface area (Å²) in [5.41, 5.74) is 0. The molecule has 0 radical (unpaired) electrons. The summed E-state index contributed by atoms with van der Waals surface area (Å²) < 4.78 is 0. The van der Waals surface area contributed by atoms with Gasteiger partial charge in [0.05, 0.1) is 0 Å². The first kappa shape index (κ1) is 12.5. The van der Waals surface area contributed by atoms with Gasteiger partial charge < -0.3 is 4.90 Å². The van der Waals surface area contributed by atoms with Crippen LogP contribution in [0.2, 0.25) is 0 Å². The van der Waals surface area contributed by atoms with Crippen LogP contribution >= 0.6 is 15.9 Å². The van der Waals surface area contributed by atoms with Gasteiger partial charge in [0.25, 0.3) is 0 Å². The minimum atomic E-state index is 0.840. The van der Waals surface area contributed by atoms with Crippen molar-refractivity contribution in [2.75, 3.05) is 25.0 Å². The maximum Gasteiger partial charge on any atom is 0.00717 e. The maximum atomic E-state index is 3.61. The molecule has 1 heterocycles. The Hall–Kier alpha value is 0.440. The zero-order valence-electron chi connectivity index (χ0n) is 9.80. The molecular weight excluding hydrogens is 238 g/mol. The van der Waals surface area contributed by atoms with E-state index in [-0.39, 0.29) is 0 Å². The van der Waals surface area contributed by atoms with Gasteiger partial charge >= 0.3 is 0 Å². The number of hydrogen-bond donors (Lipinski definition) is 0. The monoisotopic (exact) mass is 261 g/mol. The Morgan fingerprint density at radius 2 is 1.86 bits per heavy atom. The maximum absolute atomic E-state index is 3.61. The predicted octanol–water partition coefficient (Wildman–Crippen LogP) is 3.39. The van der Waals surface area contributed by atoms with E-state index in [1.807, 2.05) is 0 Å². The number of halogens is 1. The molecule has 1 fully saturated rings. The lowest BCUT2D eigenvalue weighted by Crippen LogP contribution is -2.41. The summed E-state index contributed by atoms with van der Waals surface area (Å²) in [7, 11) is 0. The molecule has 1 saturated heterocycles. The van der Waals surface area contributed by atoms with Gasteiger partial charge in [-0.3, -0.25) is 0 Å². The molecule has 0 saturated carbocycles. The zero-order chi connectivity index (χ0) is 10.6. The second-order valence-corrected chi connectivity index (χ2v) is 5.74. The molecule has 2 heteroatoms. The summed E-state index contributed by atoms with van der Waals surface area (Å²) in [4.78, 5) is 2.66. The van der Waals surface area contributed by atoms with Crippen molar-refractivity contribution >= 4 is 15.9 Å². The smallest absolute Gasteiger partial charge is 0.00717 e. The highest BCUT2D eigenvalue weighted by atomic mass is 79.9. The standard InChI is InChI=1S/C12H24BrN/c1-4-12(6-13)9-14-7-10(2)5-11(3)8-14/h10-12H,4-9H2,1-3H3. The van der Waals surface area contributed by atoms with Crippen molar-refractivity contribution in [3.63, 3.8) is 0 Å². The highest BCUT2D eigenvalue weighted by molar-refractivity contribution is 9.09. The average molecular weight is 262 g/mol. The first-order valence-corrected chi connectivity index (χ1v) is 7.06. The number of alkyl halides is 1. The zero-order valence-corrected chi connectivity index (χ0v) is 11.4. The van der Waals surface area contributed by atoms with E-state index in [1.165, 1.54) is 32.5 Å². The van der Waals surface area contributed by atoms with E-state index in [0.29, 0.717) is 0 Å². The van der Waals surface area contributed by atoms with E-state index in [4.69, 9.17) is 0 Å². The molecule has 0 aromatic rings. The Bertz CT molecular complexity index is 146. The van der Waals surface area contributed by atoms with Crippen LogP contribution < -0.4 is 0 Å². The fraction of sp³-hybridized carbons (Fsp3) is 1.00. The van der Waals surface area contributed by atoms with Crippen LogP contribution in [-0.4, -0.2) is 29.9 Å². The third-order valence-electron chi connectivity index (χ3n) is 3.26. The third kappa shape index (κ3) is 3.90. The second-order valence-electron chi connectivity index (χ2n) is 5.09. The number of nitrogens with zero attached hydrogens (tertiary/aromatic N) is 1. The third-order valence-corrected chi connectivity index (χ3v) is 4.17. The molecule has 1 nitrogen and oxygen atoms in total. The van der Waals surface area contributed by atoms with Crippen molar-refractivity contribution in [2.24, 2.45) is 17.8 Å². The van der Waals surface area contributed by atoms with Crippen molar-refractivity contribution in [2.45, 2.75) is 33.6 Å². The van der Waals surface area contributed by atoms with E-state index < -0.39 is 0 Å². The summed E-state index contributed by atoms with van der Waals surface area (Å²) in [6.07, 6.45) is 2.71. The number of rotatable bonds is 4. The van der Waals surface area contributed by atoms with Crippen LogP contribution in [0.25, 0.3) is 0 Å². The Kier molecular flexibility index (Phi) is 5.47. The van der Waals surface area contributed by atoms with Crippen molar-refractivity contribution in [1.29, 1.82) is 0 Å². The van der Waals surface area contributed by atoms with Gasteiger partial charge in [-0.05, 0) is 24.2 Å². The molecule has 14 heavy (non-hydrogen) atoms.